The summed E-state index contributed by atoms with van der Waals surface area (Å²) in [5, 5.41) is 0. The molecule has 5 heteroatoms. The van der Waals surface area contributed by atoms with Crippen LogP contribution in [0.5, 0.6) is 0 Å². The second-order valence-corrected chi connectivity index (χ2v) is 5.54. The van der Waals surface area contributed by atoms with Crippen LogP contribution >= 0.6 is 0 Å². The van der Waals surface area contributed by atoms with E-state index in [9.17, 15) is 14.4 Å². The SMILES string of the molecule is CC(=O)CCC(=O)N1CCCN(C(=O)C2CC2)CC1. The lowest BCUT2D eigenvalue weighted by Gasteiger charge is -2.22. The summed E-state index contributed by atoms with van der Waals surface area (Å²) in [5.74, 6) is 0.600. The number of rotatable bonds is 4. The number of carbonyl (C=O) groups is 3. The van der Waals surface area contributed by atoms with E-state index < -0.39 is 0 Å². The number of carbonyl (C=O) groups excluding carboxylic acids is 3. The van der Waals surface area contributed by atoms with Crippen molar-refractivity contribution >= 4 is 17.6 Å². The Balaban J connectivity index is 1.80. The third-order valence-corrected chi connectivity index (χ3v) is 3.78. The third kappa shape index (κ3) is 4.04. The first-order valence-corrected chi connectivity index (χ1v) is 7.14. The normalized spacial score (nSPS) is 20.1. The molecule has 1 saturated heterocycles. The Bertz CT molecular complexity index is 377. The molecule has 0 N–H and O–H groups in total. The second-order valence-electron chi connectivity index (χ2n) is 5.54. The molecule has 0 atom stereocenters. The molecule has 0 radical (unpaired) electrons. The van der Waals surface area contributed by atoms with Gasteiger partial charge in [0.1, 0.15) is 5.78 Å². The van der Waals surface area contributed by atoms with Crippen molar-refractivity contribution in [3.05, 3.63) is 0 Å². The van der Waals surface area contributed by atoms with Gasteiger partial charge in [-0.15, -0.1) is 0 Å². The molecule has 5 nitrogen and oxygen atoms in total. The maximum Gasteiger partial charge on any atom is 0.225 e. The molecule has 2 aliphatic rings. The fourth-order valence-electron chi connectivity index (χ4n) is 2.42. The minimum absolute atomic E-state index is 0.0379. The Morgan fingerprint density at radius 1 is 0.947 bits per heavy atom. The van der Waals surface area contributed by atoms with Gasteiger partial charge in [0.25, 0.3) is 0 Å². The molecular formula is C14H22N2O3. The van der Waals surface area contributed by atoms with E-state index in [1.807, 2.05) is 4.90 Å². The number of Topliss-reactive ketones (excluding diaryl/α,β-unsaturated/α-hetero) is 1. The molecule has 2 fully saturated rings. The van der Waals surface area contributed by atoms with Crippen LogP contribution in [-0.4, -0.2) is 53.6 Å². The zero-order valence-electron chi connectivity index (χ0n) is 11.6. The summed E-state index contributed by atoms with van der Waals surface area (Å²) >= 11 is 0. The molecule has 1 heterocycles. The van der Waals surface area contributed by atoms with Crippen molar-refractivity contribution in [2.45, 2.75) is 39.0 Å². The molecule has 1 aliphatic carbocycles. The van der Waals surface area contributed by atoms with E-state index in [1.54, 1.807) is 4.90 Å². The Morgan fingerprint density at radius 3 is 2.21 bits per heavy atom. The minimum atomic E-state index is 0.0379. The van der Waals surface area contributed by atoms with Crippen molar-refractivity contribution in [1.29, 1.82) is 0 Å². The van der Waals surface area contributed by atoms with Crippen LogP contribution in [0.2, 0.25) is 0 Å². The van der Waals surface area contributed by atoms with Crippen LogP contribution in [0.25, 0.3) is 0 Å². The van der Waals surface area contributed by atoms with Gasteiger partial charge in [0, 0.05) is 44.9 Å². The molecule has 0 spiro atoms. The van der Waals surface area contributed by atoms with Gasteiger partial charge in [-0.3, -0.25) is 9.59 Å². The average molecular weight is 266 g/mol. The highest BCUT2D eigenvalue weighted by Gasteiger charge is 2.34. The number of hydrogen-bond acceptors (Lipinski definition) is 3. The quantitative estimate of drug-likeness (QED) is 0.757. The number of ketones is 1. The van der Waals surface area contributed by atoms with Crippen molar-refractivity contribution in [3.8, 4) is 0 Å². The summed E-state index contributed by atoms with van der Waals surface area (Å²) in [7, 11) is 0. The maximum atomic E-state index is 12.0. The van der Waals surface area contributed by atoms with E-state index in [0.717, 1.165) is 25.8 Å². The van der Waals surface area contributed by atoms with Crippen molar-refractivity contribution in [3.63, 3.8) is 0 Å². The smallest absolute Gasteiger partial charge is 0.225 e. The second kappa shape index (κ2) is 6.17. The standard InChI is InChI=1S/C14H22N2O3/c1-11(17)3-6-13(18)15-7-2-8-16(10-9-15)14(19)12-4-5-12/h12H,2-10H2,1H3. The minimum Gasteiger partial charge on any atom is -0.341 e. The van der Waals surface area contributed by atoms with Crippen molar-refractivity contribution < 1.29 is 14.4 Å². The molecule has 0 aromatic heterocycles. The van der Waals surface area contributed by atoms with Gasteiger partial charge in [-0.2, -0.15) is 0 Å². The lowest BCUT2D eigenvalue weighted by Crippen LogP contribution is -2.38. The molecule has 0 unspecified atom stereocenters. The molecule has 0 aromatic carbocycles. The number of nitrogens with zero attached hydrogens (tertiary/aromatic N) is 2. The topological polar surface area (TPSA) is 57.7 Å². The van der Waals surface area contributed by atoms with Crippen LogP contribution in [0.1, 0.15) is 39.0 Å². The van der Waals surface area contributed by atoms with Crippen molar-refractivity contribution in [2.75, 3.05) is 26.2 Å². The van der Waals surface area contributed by atoms with Crippen molar-refractivity contribution in [2.24, 2.45) is 5.92 Å². The molecule has 106 valence electrons. The largest absolute Gasteiger partial charge is 0.341 e. The first kappa shape index (κ1) is 14.0. The van der Waals surface area contributed by atoms with Crippen LogP contribution in [0.15, 0.2) is 0 Å². The summed E-state index contributed by atoms with van der Waals surface area (Å²) in [6, 6.07) is 0. The fourth-order valence-corrected chi connectivity index (χ4v) is 2.42. The first-order chi connectivity index (χ1) is 9.08. The lowest BCUT2D eigenvalue weighted by atomic mass is 10.2. The number of amides is 2. The molecule has 0 aromatic rings. The van der Waals surface area contributed by atoms with Gasteiger partial charge in [0.2, 0.25) is 11.8 Å². The molecule has 2 amide bonds. The van der Waals surface area contributed by atoms with Gasteiger partial charge in [0.15, 0.2) is 0 Å². The predicted molar refractivity (Wildman–Crippen MR) is 70.4 cm³/mol. The summed E-state index contributed by atoms with van der Waals surface area (Å²) in [5.41, 5.74) is 0. The Labute approximate surface area is 113 Å². The van der Waals surface area contributed by atoms with Gasteiger partial charge in [-0.05, 0) is 26.2 Å². The van der Waals surface area contributed by atoms with E-state index in [2.05, 4.69) is 0 Å². The van der Waals surface area contributed by atoms with Gasteiger partial charge in [0.05, 0.1) is 0 Å². The van der Waals surface area contributed by atoms with E-state index in [0.29, 0.717) is 32.5 Å². The van der Waals surface area contributed by atoms with Crippen LogP contribution in [0, 0.1) is 5.92 Å². The molecule has 1 aliphatic heterocycles. The van der Waals surface area contributed by atoms with E-state index in [1.165, 1.54) is 6.92 Å². The van der Waals surface area contributed by atoms with Gasteiger partial charge in [-0.25, -0.2) is 0 Å². The van der Waals surface area contributed by atoms with Gasteiger partial charge in [-0.1, -0.05) is 0 Å². The summed E-state index contributed by atoms with van der Waals surface area (Å²) in [4.78, 5) is 38.5. The van der Waals surface area contributed by atoms with Crippen molar-refractivity contribution in [1.82, 2.24) is 9.80 Å². The Morgan fingerprint density at radius 2 is 1.58 bits per heavy atom. The van der Waals surface area contributed by atoms with E-state index >= 15 is 0 Å². The van der Waals surface area contributed by atoms with Gasteiger partial charge >= 0.3 is 0 Å². The molecular weight excluding hydrogens is 244 g/mol. The van der Waals surface area contributed by atoms with Gasteiger partial charge < -0.3 is 14.6 Å². The summed E-state index contributed by atoms with van der Waals surface area (Å²) < 4.78 is 0. The fraction of sp³-hybridized carbons (Fsp3) is 0.786. The highest BCUT2D eigenvalue weighted by Crippen LogP contribution is 2.31. The van der Waals surface area contributed by atoms with Crippen LogP contribution < -0.4 is 0 Å². The zero-order valence-corrected chi connectivity index (χ0v) is 11.6. The number of hydrogen-bond donors (Lipinski definition) is 0. The summed E-state index contributed by atoms with van der Waals surface area (Å²) in [6.45, 7) is 4.21. The van der Waals surface area contributed by atoms with E-state index in [-0.39, 0.29) is 23.5 Å². The predicted octanol–water partition coefficient (Wildman–Crippen LogP) is 0.826. The van der Waals surface area contributed by atoms with Crippen LogP contribution in [0.3, 0.4) is 0 Å². The summed E-state index contributed by atoms with van der Waals surface area (Å²) in [6.07, 6.45) is 3.50. The maximum absolute atomic E-state index is 12.0. The molecule has 1 saturated carbocycles. The third-order valence-electron chi connectivity index (χ3n) is 3.78. The molecule has 2 rings (SSSR count). The first-order valence-electron chi connectivity index (χ1n) is 7.14. The monoisotopic (exact) mass is 266 g/mol. The molecule has 19 heavy (non-hydrogen) atoms. The van der Waals surface area contributed by atoms with E-state index in [4.69, 9.17) is 0 Å². The average Bonchev–Trinajstić information content (AvgIpc) is 3.20. The lowest BCUT2D eigenvalue weighted by molar-refractivity contribution is -0.134. The zero-order chi connectivity index (χ0) is 13.8. The molecule has 0 bridgehead atoms. The Hall–Kier alpha value is -1.39. The van der Waals surface area contributed by atoms with Crippen LogP contribution in [0.4, 0.5) is 0 Å². The Kier molecular flexibility index (Phi) is 4.56. The van der Waals surface area contributed by atoms with Crippen LogP contribution in [-0.2, 0) is 14.4 Å². The highest BCUT2D eigenvalue weighted by atomic mass is 16.2. The highest BCUT2D eigenvalue weighted by molar-refractivity contribution is 5.84.